The van der Waals surface area contributed by atoms with Crippen LogP contribution in [0, 0.1) is 11.2 Å². The van der Waals surface area contributed by atoms with Gasteiger partial charge in [0.1, 0.15) is 5.82 Å². The monoisotopic (exact) mass is 292 g/mol. The molecule has 1 fully saturated rings. The van der Waals surface area contributed by atoms with Gasteiger partial charge in [0.2, 0.25) is 0 Å². The molecule has 1 aliphatic rings. The first kappa shape index (κ1) is 16.4. The van der Waals surface area contributed by atoms with Gasteiger partial charge in [-0.1, -0.05) is 45.9 Å². The number of hydrogen-bond acceptors (Lipinski definition) is 2. The summed E-state index contributed by atoms with van der Waals surface area (Å²) >= 11 is 0. The standard InChI is InChI=1S/C18H29FN2/c1-6-18(5)13-20-16(17(2,3)4)12-21(18)11-14-9-7-8-10-15(14)19/h7-10,16,20H,6,11-13H2,1-5H3. The van der Waals surface area contributed by atoms with E-state index in [1.807, 2.05) is 12.1 Å². The summed E-state index contributed by atoms with van der Waals surface area (Å²) in [5, 5.41) is 3.70. The highest BCUT2D eigenvalue weighted by molar-refractivity contribution is 5.18. The molecule has 1 aliphatic heterocycles. The number of halogens is 1. The summed E-state index contributed by atoms with van der Waals surface area (Å²) in [7, 11) is 0. The highest BCUT2D eigenvalue weighted by Crippen LogP contribution is 2.31. The minimum atomic E-state index is -0.0956. The normalized spacial score (nSPS) is 27.8. The summed E-state index contributed by atoms with van der Waals surface area (Å²) in [5.41, 5.74) is 1.10. The summed E-state index contributed by atoms with van der Waals surface area (Å²) in [5.74, 6) is -0.0956. The maximum absolute atomic E-state index is 14.0. The third kappa shape index (κ3) is 3.64. The van der Waals surface area contributed by atoms with Gasteiger partial charge in [0.25, 0.3) is 0 Å². The van der Waals surface area contributed by atoms with Crippen LogP contribution in [0.15, 0.2) is 24.3 Å². The number of nitrogens with one attached hydrogen (secondary N) is 1. The molecule has 2 atom stereocenters. The lowest BCUT2D eigenvalue weighted by Crippen LogP contribution is -2.65. The fourth-order valence-electron chi connectivity index (χ4n) is 2.98. The van der Waals surface area contributed by atoms with Crippen molar-refractivity contribution in [3.63, 3.8) is 0 Å². The molecular weight excluding hydrogens is 263 g/mol. The van der Waals surface area contributed by atoms with Crippen molar-refractivity contribution in [2.75, 3.05) is 13.1 Å². The van der Waals surface area contributed by atoms with Gasteiger partial charge in [-0.15, -0.1) is 0 Å². The van der Waals surface area contributed by atoms with Crippen LogP contribution in [0.3, 0.4) is 0 Å². The largest absolute Gasteiger partial charge is 0.310 e. The molecule has 118 valence electrons. The SMILES string of the molecule is CCC1(C)CNC(C(C)(C)C)CN1Cc1ccccc1F. The first-order valence-electron chi connectivity index (χ1n) is 7.98. The van der Waals surface area contributed by atoms with Crippen LogP contribution in [0.4, 0.5) is 4.39 Å². The molecule has 3 heteroatoms. The Morgan fingerprint density at radius 3 is 2.57 bits per heavy atom. The van der Waals surface area contributed by atoms with Gasteiger partial charge in [0.15, 0.2) is 0 Å². The van der Waals surface area contributed by atoms with Crippen molar-refractivity contribution in [1.82, 2.24) is 10.2 Å². The summed E-state index contributed by atoms with van der Waals surface area (Å²) in [6.07, 6.45) is 1.06. The van der Waals surface area contributed by atoms with Crippen LogP contribution in [0.5, 0.6) is 0 Å². The average molecular weight is 292 g/mol. The number of hydrogen-bond donors (Lipinski definition) is 1. The van der Waals surface area contributed by atoms with Crippen LogP contribution in [0.25, 0.3) is 0 Å². The first-order valence-corrected chi connectivity index (χ1v) is 7.98. The van der Waals surface area contributed by atoms with Gasteiger partial charge >= 0.3 is 0 Å². The molecule has 0 radical (unpaired) electrons. The van der Waals surface area contributed by atoms with E-state index >= 15 is 0 Å². The fraction of sp³-hybridized carbons (Fsp3) is 0.667. The first-order chi connectivity index (χ1) is 9.76. The Labute approximate surface area is 128 Å². The minimum absolute atomic E-state index is 0.0873. The van der Waals surface area contributed by atoms with E-state index in [-0.39, 0.29) is 16.8 Å². The molecule has 1 aromatic carbocycles. The number of rotatable bonds is 3. The average Bonchev–Trinajstić information content (AvgIpc) is 2.42. The Hall–Kier alpha value is -0.930. The highest BCUT2D eigenvalue weighted by atomic mass is 19.1. The van der Waals surface area contributed by atoms with Crippen LogP contribution in [-0.4, -0.2) is 29.6 Å². The zero-order valence-electron chi connectivity index (χ0n) is 14.0. The Balaban J connectivity index is 2.21. The molecule has 0 aliphatic carbocycles. The molecular formula is C18H29FN2. The van der Waals surface area contributed by atoms with Crippen LogP contribution in [0.1, 0.15) is 46.6 Å². The van der Waals surface area contributed by atoms with Gasteiger partial charge in [0, 0.05) is 36.8 Å². The molecule has 0 spiro atoms. The quantitative estimate of drug-likeness (QED) is 0.911. The van der Waals surface area contributed by atoms with Gasteiger partial charge in [0.05, 0.1) is 0 Å². The van der Waals surface area contributed by atoms with E-state index in [1.165, 1.54) is 0 Å². The van der Waals surface area contributed by atoms with E-state index in [4.69, 9.17) is 0 Å². The summed E-state index contributed by atoms with van der Waals surface area (Å²) in [6, 6.07) is 7.57. The van der Waals surface area contributed by atoms with Gasteiger partial charge in [-0.05, 0) is 24.8 Å². The van der Waals surface area contributed by atoms with E-state index in [1.54, 1.807) is 12.1 Å². The third-order valence-corrected chi connectivity index (χ3v) is 5.02. The summed E-state index contributed by atoms with van der Waals surface area (Å²) in [6.45, 7) is 13.9. The predicted octanol–water partition coefficient (Wildman–Crippen LogP) is 3.81. The van der Waals surface area contributed by atoms with Crippen LogP contribution in [-0.2, 0) is 6.54 Å². The zero-order chi connectivity index (χ0) is 15.7. The summed E-state index contributed by atoms with van der Waals surface area (Å²) < 4.78 is 14.0. The van der Waals surface area contributed by atoms with Crippen LogP contribution < -0.4 is 5.32 Å². The lowest BCUT2D eigenvalue weighted by Gasteiger charge is -2.51. The topological polar surface area (TPSA) is 15.3 Å². The molecule has 0 saturated carbocycles. The number of piperazine rings is 1. The predicted molar refractivity (Wildman–Crippen MR) is 86.8 cm³/mol. The van der Waals surface area contributed by atoms with Crippen LogP contribution >= 0.6 is 0 Å². The van der Waals surface area contributed by atoms with Crippen molar-refractivity contribution in [3.05, 3.63) is 35.6 Å². The van der Waals surface area contributed by atoms with Crippen molar-refractivity contribution < 1.29 is 4.39 Å². The second-order valence-corrected chi connectivity index (χ2v) is 7.62. The molecule has 0 bridgehead atoms. The fourth-order valence-corrected chi connectivity index (χ4v) is 2.98. The molecule has 1 aromatic rings. The Bertz CT molecular complexity index is 480. The van der Waals surface area contributed by atoms with Crippen molar-refractivity contribution >= 4 is 0 Å². The Kier molecular flexibility index (Phi) is 4.74. The maximum Gasteiger partial charge on any atom is 0.127 e. The maximum atomic E-state index is 14.0. The Morgan fingerprint density at radius 2 is 2.00 bits per heavy atom. The van der Waals surface area contributed by atoms with Crippen molar-refractivity contribution in [2.24, 2.45) is 5.41 Å². The number of nitrogens with zero attached hydrogens (tertiary/aromatic N) is 1. The lowest BCUT2D eigenvalue weighted by atomic mass is 9.81. The van der Waals surface area contributed by atoms with Gasteiger partial charge in [-0.2, -0.15) is 0 Å². The molecule has 1 heterocycles. The molecule has 0 aromatic heterocycles. The second kappa shape index (κ2) is 6.05. The second-order valence-electron chi connectivity index (χ2n) is 7.62. The third-order valence-electron chi connectivity index (χ3n) is 5.02. The zero-order valence-corrected chi connectivity index (χ0v) is 14.0. The van der Waals surface area contributed by atoms with E-state index in [0.717, 1.165) is 25.1 Å². The highest BCUT2D eigenvalue weighted by Gasteiger charge is 2.40. The minimum Gasteiger partial charge on any atom is -0.310 e. The Morgan fingerprint density at radius 1 is 1.33 bits per heavy atom. The lowest BCUT2D eigenvalue weighted by molar-refractivity contribution is 0.0150. The molecule has 2 unspecified atom stereocenters. The van der Waals surface area contributed by atoms with Gasteiger partial charge in [-0.25, -0.2) is 4.39 Å². The van der Waals surface area contributed by atoms with E-state index in [0.29, 0.717) is 12.6 Å². The molecule has 1 saturated heterocycles. The van der Waals surface area contributed by atoms with Crippen molar-refractivity contribution in [3.8, 4) is 0 Å². The molecule has 1 N–H and O–H groups in total. The van der Waals surface area contributed by atoms with Crippen LogP contribution in [0.2, 0.25) is 0 Å². The van der Waals surface area contributed by atoms with Crippen molar-refractivity contribution in [2.45, 2.75) is 59.2 Å². The van der Waals surface area contributed by atoms with Crippen molar-refractivity contribution in [1.29, 1.82) is 0 Å². The van der Waals surface area contributed by atoms with Gasteiger partial charge < -0.3 is 5.32 Å². The smallest absolute Gasteiger partial charge is 0.127 e. The molecule has 21 heavy (non-hydrogen) atoms. The molecule has 0 amide bonds. The van der Waals surface area contributed by atoms with Gasteiger partial charge in [-0.3, -0.25) is 4.90 Å². The number of benzene rings is 1. The molecule has 2 nitrogen and oxygen atoms in total. The van der Waals surface area contributed by atoms with E-state index in [2.05, 4.69) is 44.8 Å². The van der Waals surface area contributed by atoms with E-state index < -0.39 is 0 Å². The molecule has 2 rings (SSSR count). The summed E-state index contributed by atoms with van der Waals surface area (Å²) in [4.78, 5) is 2.46. The van der Waals surface area contributed by atoms with E-state index in [9.17, 15) is 4.39 Å².